The second-order valence-corrected chi connectivity index (χ2v) is 4.46. The largest absolute Gasteiger partial charge is 0.493 e. The zero-order chi connectivity index (χ0) is 13.8. The van der Waals surface area contributed by atoms with Crippen LogP contribution in [-0.4, -0.2) is 29.6 Å². The summed E-state index contributed by atoms with van der Waals surface area (Å²) in [6.07, 6.45) is 0.500. The number of nitrogens with one attached hydrogen (secondary N) is 1. The van der Waals surface area contributed by atoms with Crippen molar-refractivity contribution in [2.45, 2.75) is 25.4 Å². The van der Waals surface area contributed by atoms with Gasteiger partial charge in [-0.1, -0.05) is 12.1 Å². The molecule has 0 saturated heterocycles. The average Bonchev–Trinajstić information content (AvgIpc) is 2.82. The van der Waals surface area contributed by atoms with Crippen LogP contribution in [0.3, 0.4) is 0 Å². The Labute approximate surface area is 110 Å². The summed E-state index contributed by atoms with van der Waals surface area (Å²) >= 11 is 0. The number of carbonyl (C=O) groups excluding carboxylic acids is 1. The predicted molar refractivity (Wildman–Crippen MR) is 67.7 cm³/mol. The Bertz CT molecular complexity index is 501. The molecule has 1 amide bonds. The molecule has 0 fully saturated rings. The van der Waals surface area contributed by atoms with Gasteiger partial charge in [0.25, 0.3) is 0 Å². The van der Waals surface area contributed by atoms with Crippen LogP contribution in [0.15, 0.2) is 18.2 Å². The molecule has 6 heteroatoms. The van der Waals surface area contributed by atoms with Crippen molar-refractivity contribution in [1.29, 1.82) is 0 Å². The molecule has 1 aliphatic heterocycles. The topological polar surface area (TPSA) is 102 Å². The fourth-order valence-corrected chi connectivity index (χ4v) is 1.95. The van der Waals surface area contributed by atoms with E-state index in [2.05, 4.69) is 5.32 Å². The van der Waals surface area contributed by atoms with Gasteiger partial charge in [-0.15, -0.1) is 0 Å². The number of hydrogen-bond donors (Lipinski definition) is 3. The van der Waals surface area contributed by atoms with E-state index in [1.165, 1.54) is 0 Å². The van der Waals surface area contributed by atoms with Crippen LogP contribution in [0.2, 0.25) is 0 Å². The van der Waals surface area contributed by atoms with Gasteiger partial charge in [-0.3, -0.25) is 9.59 Å². The van der Waals surface area contributed by atoms with Crippen molar-refractivity contribution < 1.29 is 19.4 Å². The molecule has 0 radical (unpaired) electrons. The van der Waals surface area contributed by atoms with Crippen LogP contribution >= 0.6 is 0 Å². The Morgan fingerprint density at radius 3 is 3.00 bits per heavy atom. The summed E-state index contributed by atoms with van der Waals surface area (Å²) < 4.78 is 5.39. The zero-order valence-electron chi connectivity index (χ0n) is 10.4. The van der Waals surface area contributed by atoms with E-state index in [0.717, 1.165) is 23.3 Å². The smallest absolute Gasteiger partial charge is 0.305 e. The number of amides is 1. The van der Waals surface area contributed by atoms with E-state index in [1.54, 1.807) is 0 Å². The summed E-state index contributed by atoms with van der Waals surface area (Å²) in [5.74, 6) is -0.658. The van der Waals surface area contributed by atoms with Gasteiger partial charge in [0.15, 0.2) is 0 Å². The van der Waals surface area contributed by atoms with E-state index < -0.39 is 17.9 Å². The summed E-state index contributed by atoms with van der Waals surface area (Å²) in [6, 6.07) is 4.70. The first-order valence-electron chi connectivity index (χ1n) is 6.06. The van der Waals surface area contributed by atoms with Gasteiger partial charge in [0, 0.05) is 13.0 Å². The fourth-order valence-electron chi connectivity index (χ4n) is 1.95. The van der Waals surface area contributed by atoms with Gasteiger partial charge in [0.2, 0.25) is 5.91 Å². The minimum absolute atomic E-state index is 0.333. The van der Waals surface area contributed by atoms with Crippen LogP contribution in [0, 0.1) is 0 Å². The van der Waals surface area contributed by atoms with E-state index in [0.29, 0.717) is 13.2 Å². The maximum Gasteiger partial charge on any atom is 0.305 e. The third-order valence-corrected chi connectivity index (χ3v) is 2.95. The molecule has 2 rings (SSSR count). The van der Waals surface area contributed by atoms with Gasteiger partial charge in [-0.2, -0.15) is 0 Å². The molecule has 0 saturated carbocycles. The van der Waals surface area contributed by atoms with Crippen LogP contribution in [0.25, 0.3) is 0 Å². The molecular weight excluding hydrogens is 248 g/mol. The molecule has 1 atom stereocenters. The lowest BCUT2D eigenvalue weighted by Crippen LogP contribution is -2.41. The first-order chi connectivity index (χ1) is 9.06. The maximum absolute atomic E-state index is 11.6. The third kappa shape index (κ3) is 3.45. The molecule has 0 aromatic heterocycles. The highest BCUT2D eigenvalue weighted by Gasteiger charge is 2.17. The Morgan fingerprint density at radius 1 is 1.47 bits per heavy atom. The lowest BCUT2D eigenvalue weighted by Gasteiger charge is -2.10. The molecule has 4 N–H and O–H groups in total. The Hall–Kier alpha value is -2.08. The minimum atomic E-state index is -1.09. The quantitative estimate of drug-likeness (QED) is 0.697. The number of rotatable bonds is 5. The SMILES string of the molecule is NC(CC(=O)O)C(=O)NCc1ccc2c(c1)CCO2. The minimum Gasteiger partial charge on any atom is -0.493 e. The van der Waals surface area contributed by atoms with Crippen molar-refractivity contribution in [2.75, 3.05) is 6.61 Å². The first-order valence-corrected chi connectivity index (χ1v) is 6.06. The highest BCUT2D eigenvalue weighted by atomic mass is 16.5. The fraction of sp³-hybridized carbons (Fsp3) is 0.385. The molecule has 0 aliphatic carbocycles. The summed E-state index contributed by atoms with van der Waals surface area (Å²) in [7, 11) is 0. The molecule has 0 bridgehead atoms. The van der Waals surface area contributed by atoms with E-state index >= 15 is 0 Å². The van der Waals surface area contributed by atoms with Crippen LogP contribution in [0.4, 0.5) is 0 Å². The Kier molecular flexibility index (Phi) is 4.01. The normalized spacial score (nSPS) is 14.4. The molecule has 19 heavy (non-hydrogen) atoms. The van der Waals surface area contributed by atoms with Gasteiger partial charge < -0.3 is 20.9 Å². The predicted octanol–water partition coefficient (Wildman–Crippen LogP) is 0.0397. The summed E-state index contributed by atoms with van der Waals surface area (Å²) in [5, 5.41) is 11.2. The number of nitrogens with two attached hydrogens (primary N) is 1. The van der Waals surface area contributed by atoms with E-state index in [1.807, 2.05) is 18.2 Å². The van der Waals surface area contributed by atoms with Crippen molar-refractivity contribution >= 4 is 11.9 Å². The number of benzene rings is 1. The third-order valence-electron chi connectivity index (χ3n) is 2.95. The standard InChI is InChI=1S/C13H16N2O4/c14-10(6-12(16)17)13(18)15-7-8-1-2-11-9(5-8)3-4-19-11/h1-2,5,10H,3-4,6-7,14H2,(H,15,18)(H,16,17). The molecule has 1 aliphatic rings. The number of aliphatic carboxylic acids is 1. The van der Waals surface area contributed by atoms with Gasteiger partial charge in [-0.05, 0) is 17.2 Å². The lowest BCUT2D eigenvalue weighted by molar-refractivity contribution is -0.139. The summed E-state index contributed by atoms with van der Waals surface area (Å²) in [4.78, 5) is 22.0. The maximum atomic E-state index is 11.6. The summed E-state index contributed by atoms with van der Waals surface area (Å²) in [5.41, 5.74) is 7.53. The monoisotopic (exact) mass is 264 g/mol. The molecule has 6 nitrogen and oxygen atoms in total. The van der Waals surface area contributed by atoms with Gasteiger partial charge in [-0.25, -0.2) is 0 Å². The molecule has 0 spiro atoms. The van der Waals surface area contributed by atoms with Crippen LogP contribution < -0.4 is 15.8 Å². The number of fused-ring (bicyclic) bond motifs is 1. The number of ether oxygens (including phenoxy) is 1. The second-order valence-electron chi connectivity index (χ2n) is 4.46. The number of hydrogen-bond acceptors (Lipinski definition) is 4. The second kappa shape index (κ2) is 5.71. The molecule has 1 heterocycles. The van der Waals surface area contributed by atoms with Crippen LogP contribution in [0.1, 0.15) is 17.5 Å². The van der Waals surface area contributed by atoms with Gasteiger partial charge in [0.1, 0.15) is 5.75 Å². The first kappa shape index (κ1) is 13.4. The molecular formula is C13H16N2O4. The van der Waals surface area contributed by atoms with Gasteiger partial charge >= 0.3 is 5.97 Å². The molecule has 102 valence electrons. The molecule has 1 aromatic carbocycles. The molecule has 1 unspecified atom stereocenters. The Balaban J connectivity index is 1.88. The lowest BCUT2D eigenvalue weighted by atomic mass is 10.1. The average molecular weight is 264 g/mol. The Morgan fingerprint density at radius 2 is 2.26 bits per heavy atom. The van der Waals surface area contributed by atoms with Crippen molar-refractivity contribution in [3.05, 3.63) is 29.3 Å². The van der Waals surface area contributed by atoms with Crippen molar-refractivity contribution in [2.24, 2.45) is 5.73 Å². The van der Waals surface area contributed by atoms with Crippen molar-refractivity contribution in [3.63, 3.8) is 0 Å². The number of carbonyl (C=O) groups is 2. The van der Waals surface area contributed by atoms with Crippen LogP contribution in [0.5, 0.6) is 5.75 Å². The highest BCUT2D eigenvalue weighted by molar-refractivity contribution is 5.85. The number of carboxylic acid groups (broad SMARTS) is 1. The number of carboxylic acids is 1. The molecule has 1 aromatic rings. The highest BCUT2D eigenvalue weighted by Crippen LogP contribution is 2.25. The van der Waals surface area contributed by atoms with Crippen LogP contribution in [-0.2, 0) is 22.6 Å². The zero-order valence-corrected chi connectivity index (χ0v) is 10.4. The summed E-state index contributed by atoms with van der Waals surface area (Å²) in [6.45, 7) is 1.02. The van der Waals surface area contributed by atoms with E-state index in [4.69, 9.17) is 15.6 Å². The van der Waals surface area contributed by atoms with Crippen molar-refractivity contribution in [1.82, 2.24) is 5.32 Å². The van der Waals surface area contributed by atoms with E-state index in [-0.39, 0.29) is 6.42 Å². The van der Waals surface area contributed by atoms with E-state index in [9.17, 15) is 9.59 Å². The van der Waals surface area contributed by atoms with Crippen molar-refractivity contribution in [3.8, 4) is 5.75 Å². The van der Waals surface area contributed by atoms with Gasteiger partial charge in [0.05, 0.1) is 19.1 Å².